The second-order valence-corrected chi connectivity index (χ2v) is 13.0. The summed E-state index contributed by atoms with van der Waals surface area (Å²) in [6, 6.07) is 31.8. The van der Waals surface area contributed by atoms with Crippen molar-refractivity contribution in [1.29, 1.82) is 0 Å². The zero-order chi connectivity index (χ0) is 20.9. The standard InChI is InChI=1S/C27H31O2P/c1-23(28)29-30(25-17-9-4-10-18-25,26-19-11-5-12-20-26,27-21-13-6-14-22-27)24-15-7-2-3-8-16-24/h4-6,9-14,17-22,24H,2-3,7-8,15-16H2,1H3. The van der Waals surface area contributed by atoms with Gasteiger partial charge in [0.05, 0.1) is 0 Å². The predicted molar refractivity (Wildman–Crippen MR) is 128 cm³/mol. The summed E-state index contributed by atoms with van der Waals surface area (Å²) >= 11 is 0. The Morgan fingerprint density at radius 2 is 1.03 bits per heavy atom. The van der Waals surface area contributed by atoms with Gasteiger partial charge in [0.15, 0.2) is 0 Å². The van der Waals surface area contributed by atoms with Crippen LogP contribution in [0.2, 0.25) is 0 Å². The van der Waals surface area contributed by atoms with Gasteiger partial charge in [-0.1, -0.05) is 0 Å². The molecule has 1 fully saturated rings. The van der Waals surface area contributed by atoms with Crippen molar-refractivity contribution in [1.82, 2.24) is 0 Å². The molecular weight excluding hydrogens is 387 g/mol. The van der Waals surface area contributed by atoms with E-state index in [4.69, 9.17) is 4.52 Å². The molecule has 4 rings (SSSR count). The second-order valence-electron chi connectivity index (χ2n) is 8.34. The molecule has 0 bridgehead atoms. The summed E-state index contributed by atoms with van der Waals surface area (Å²) in [6.07, 6.45) is 7.00. The van der Waals surface area contributed by atoms with Gasteiger partial charge in [-0.25, -0.2) is 0 Å². The molecule has 0 aliphatic heterocycles. The number of hydrogen-bond donors (Lipinski definition) is 0. The van der Waals surface area contributed by atoms with Crippen molar-refractivity contribution in [2.24, 2.45) is 0 Å². The molecule has 1 aliphatic rings. The van der Waals surface area contributed by atoms with Gasteiger partial charge < -0.3 is 0 Å². The molecule has 30 heavy (non-hydrogen) atoms. The average molecular weight is 419 g/mol. The third-order valence-corrected chi connectivity index (χ3v) is 13.2. The maximum absolute atomic E-state index is 12.9. The van der Waals surface area contributed by atoms with E-state index in [0.29, 0.717) is 0 Å². The van der Waals surface area contributed by atoms with Crippen molar-refractivity contribution in [3.63, 3.8) is 0 Å². The van der Waals surface area contributed by atoms with Crippen LogP contribution in [0.25, 0.3) is 0 Å². The van der Waals surface area contributed by atoms with Crippen LogP contribution in [-0.4, -0.2) is 11.6 Å². The Morgan fingerprint density at radius 1 is 0.667 bits per heavy atom. The van der Waals surface area contributed by atoms with E-state index >= 15 is 0 Å². The van der Waals surface area contributed by atoms with Gasteiger partial charge in [0.25, 0.3) is 0 Å². The summed E-state index contributed by atoms with van der Waals surface area (Å²) in [7, 11) is 0. The van der Waals surface area contributed by atoms with Gasteiger partial charge in [-0.3, -0.25) is 0 Å². The molecule has 0 amide bonds. The van der Waals surface area contributed by atoms with Crippen molar-refractivity contribution >= 4 is 28.7 Å². The summed E-state index contributed by atoms with van der Waals surface area (Å²) in [5, 5.41) is 3.47. The molecule has 3 aromatic rings. The first-order valence-electron chi connectivity index (χ1n) is 11.1. The first-order valence-corrected chi connectivity index (χ1v) is 13.3. The van der Waals surface area contributed by atoms with Crippen LogP contribution in [-0.2, 0) is 9.32 Å². The molecule has 0 unspecified atom stereocenters. The van der Waals surface area contributed by atoms with Crippen molar-refractivity contribution < 1.29 is 9.32 Å². The molecule has 2 nitrogen and oxygen atoms in total. The van der Waals surface area contributed by atoms with Crippen LogP contribution in [0.4, 0.5) is 0 Å². The summed E-state index contributed by atoms with van der Waals surface area (Å²) in [5.74, 6) is -0.200. The predicted octanol–water partition coefficient (Wildman–Crippen LogP) is 5.72. The minimum absolute atomic E-state index is 0.200. The fraction of sp³-hybridized carbons (Fsp3) is 0.296. The summed E-state index contributed by atoms with van der Waals surface area (Å²) in [5.41, 5.74) is 0.273. The molecule has 3 heteroatoms. The SMILES string of the molecule is CC(=O)OP(c1ccccc1)(c1ccccc1)(c1ccccc1)C1CCCCCC1. The zero-order valence-electron chi connectivity index (χ0n) is 17.7. The second kappa shape index (κ2) is 8.74. The zero-order valence-corrected chi connectivity index (χ0v) is 18.6. The third-order valence-electron chi connectivity index (χ3n) is 6.65. The van der Waals surface area contributed by atoms with Crippen LogP contribution in [0.15, 0.2) is 91.0 Å². The van der Waals surface area contributed by atoms with Gasteiger partial charge in [-0.2, -0.15) is 0 Å². The van der Waals surface area contributed by atoms with Gasteiger partial charge in [0.1, 0.15) is 0 Å². The summed E-state index contributed by atoms with van der Waals surface area (Å²) < 4.78 is 6.87. The fourth-order valence-corrected chi connectivity index (χ4v) is 12.3. The monoisotopic (exact) mass is 418 g/mol. The molecule has 0 radical (unpaired) electrons. The van der Waals surface area contributed by atoms with Gasteiger partial charge in [0, 0.05) is 0 Å². The van der Waals surface area contributed by atoms with Crippen molar-refractivity contribution in [2.75, 3.05) is 0 Å². The van der Waals surface area contributed by atoms with E-state index in [1.807, 2.05) is 18.2 Å². The fourth-order valence-electron chi connectivity index (χ4n) is 5.50. The summed E-state index contributed by atoms with van der Waals surface area (Å²) in [4.78, 5) is 12.9. The van der Waals surface area contributed by atoms with Crippen molar-refractivity contribution in [2.45, 2.75) is 51.1 Å². The quantitative estimate of drug-likeness (QED) is 0.391. The molecule has 0 N–H and O–H groups in total. The molecule has 0 saturated heterocycles. The molecule has 0 aromatic heterocycles. The van der Waals surface area contributed by atoms with Crippen LogP contribution in [0.5, 0.6) is 0 Å². The number of rotatable bonds is 5. The van der Waals surface area contributed by atoms with Crippen molar-refractivity contribution in [3.05, 3.63) is 91.0 Å². The minimum atomic E-state index is -3.54. The molecular formula is C27H31O2P. The van der Waals surface area contributed by atoms with Crippen molar-refractivity contribution in [3.8, 4) is 0 Å². The van der Waals surface area contributed by atoms with E-state index in [2.05, 4.69) is 72.8 Å². The summed E-state index contributed by atoms with van der Waals surface area (Å²) in [6.45, 7) is -1.97. The first-order chi connectivity index (χ1) is 14.7. The number of carbonyl (C=O) groups excluding carboxylic acids is 1. The first kappa shape index (κ1) is 20.8. The molecule has 0 spiro atoms. The number of hydrogen-bond acceptors (Lipinski definition) is 2. The van der Waals surface area contributed by atoms with E-state index in [1.165, 1.54) is 25.7 Å². The molecule has 0 atom stereocenters. The van der Waals surface area contributed by atoms with E-state index in [-0.39, 0.29) is 11.6 Å². The average Bonchev–Trinajstić information content (AvgIpc) is 3.10. The Bertz CT molecular complexity index is 862. The molecule has 0 heterocycles. The van der Waals surface area contributed by atoms with Gasteiger partial charge in [-0.05, 0) is 0 Å². The Kier molecular flexibility index (Phi) is 6.06. The van der Waals surface area contributed by atoms with E-state index < -0.39 is 6.83 Å². The van der Waals surface area contributed by atoms with Gasteiger partial charge >= 0.3 is 180 Å². The molecule has 1 saturated carbocycles. The Morgan fingerprint density at radius 3 is 1.37 bits per heavy atom. The van der Waals surface area contributed by atoms with Crippen LogP contribution in [0, 0.1) is 0 Å². The maximum atomic E-state index is 12.9. The van der Waals surface area contributed by atoms with Crippen LogP contribution < -0.4 is 15.9 Å². The third kappa shape index (κ3) is 3.28. The van der Waals surface area contributed by atoms with Crippen LogP contribution >= 0.6 is 6.83 Å². The Labute approximate surface area is 180 Å². The number of benzene rings is 3. The molecule has 3 aromatic carbocycles. The Hall–Kier alpha value is -2.44. The van der Waals surface area contributed by atoms with E-state index in [0.717, 1.165) is 28.8 Å². The van der Waals surface area contributed by atoms with Crippen LogP contribution in [0.3, 0.4) is 0 Å². The van der Waals surface area contributed by atoms with Crippen LogP contribution in [0.1, 0.15) is 45.4 Å². The number of carbonyl (C=O) groups is 1. The van der Waals surface area contributed by atoms with Gasteiger partial charge in [0.2, 0.25) is 0 Å². The van der Waals surface area contributed by atoms with Gasteiger partial charge in [-0.15, -0.1) is 0 Å². The van der Waals surface area contributed by atoms with E-state index in [1.54, 1.807) is 6.92 Å². The molecule has 156 valence electrons. The normalized spacial score (nSPS) is 16.8. The Balaban J connectivity index is 2.19. The van der Waals surface area contributed by atoms with E-state index in [9.17, 15) is 4.79 Å². The molecule has 1 aliphatic carbocycles. The topological polar surface area (TPSA) is 26.3 Å².